The van der Waals surface area contributed by atoms with Gasteiger partial charge in [-0.3, -0.25) is 4.79 Å². The second-order valence-corrected chi connectivity index (χ2v) is 7.99. The molecule has 0 saturated heterocycles. The minimum Gasteiger partial charge on any atom is -0.468 e. The Morgan fingerprint density at radius 1 is 0.615 bits per heavy atom. The highest BCUT2D eigenvalue weighted by atomic mass is 19.4. The number of carbonyl (C=O) groups excluding carboxylic acids is 4. The summed E-state index contributed by atoms with van der Waals surface area (Å²) in [5.41, 5.74) is -5.13. The van der Waals surface area contributed by atoms with Crippen LogP contribution < -0.4 is 0 Å². The first kappa shape index (κ1) is 28.9. The monoisotopic (exact) mass is 544 g/mol. The van der Waals surface area contributed by atoms with Crippen molar-refractivity contribution in [2.75, 3.05) is 28.4 Å². The van der Waals surface area contributed by atoms with E-state index < -0.39 is 63.8 Å². The van der Waals surface area contributed by atoms with Crippen LogP contribution in [0.5, 0.6) is 0 Å². The van der Waals surface area contributed by atoms with Crippen LogP contribution in [0.15, 0.2) is 83.0 Å². The number of halogens is 3. The average molecular weight is 544 g/mol. The molecule has 0 heterocycles. The van der Waals surface area contributed by atoms with Gasteiger partial charge in [0.05, 0.1) is 50.7 Å². The third kappa shape index (κ3) is 5.47. The van der Waals surface area contributed by atoms with Crippen LogP contribution in [-0.4, -0.2) is 58.5 Å². The standard InChI is InChI=1S/C28H23F3O8/c1-36-24(32)19-17(15-11-7-5-8-12-15)18(16-13-9-6-10-14-16)21(26(34)38-3)23(28(29,30)31)22(27(35)39-4)20(19)25(33)37-2/h5-14,22H,1-4H3. The number of hydrogen-bond donors (Lipinski definition) is 0. The van der Waals surface area contributed by atoms with Gasteiger partial charge in [-0.25, -0.2) is 14.4 Å². The van der Waals surface area contributed by atoms with E-state index >= 15 is 0 Å². The summed E-state index contributed by atoms with van der Waals surface area (Å²) >= 11 is 0. The first-order valence-corrected chi connectivity index (χ1v) is 11.3. The van der Waals surface area contributed by atoms with Gasteiger partial charge < -0.3 is 18.9 Å². The Morgan fingerprint density at radius 2 is 1.03 bits per heavy atom. The predicted molar refractivity (Wildman–Crippen MR) is 131 cm³/mol. The molecule has 0 radical (unpaired) electrons. The van der Waals surface area contributed by atoms with E-state index in [1.165, 1.54) is 48.5 Å². The third-order valence-electron chi connectivity index (χ3n) is 5.92. The van der Waals surface area contributed by atoms with E-state index in [1.807, 2.05) is 0 Å². The van der Waals surface area contributed by atoms with Crippen LogP contribution in [0.2, 0.25) is 0 Å². The highest BCUT2D eigenvalue weighted by Crippen LogP contribution is 2.50. The first-order valence-electron chi connectivity index (χ1n) is 11.3. The van der Waals surface area contributed by atoms with E-state index in [-0.39, 0.29) is 16.7 Å². The molecule has 2 aromatic rings. The summed E-state index contributed by atoms with van der Waals surface area (Å²) < 4.78 is 64.1. The van der Waals surface area contributed by atoms with Crippen LogP contribution in [0.25, 0.3) is 11.1 Å². The van der Waals surface area contributed by atoms with E-state index in [0.29, 0.717) is 0 Å². The van der Waals surface area contributed by atoms with Crippen LogP contribution in [0, 0.1) is 5.92 Å². The van der Waals surface area contributed by atoms with E-state index in [1.54, 1.807) is 12.1 Å². The van der Waals surface area contributed by atoms with E-state index in [9.17, 15) is 32.3 Å². The summed E-state index contributed by atoms with van der Waals surface area (Å²) in [6.07, 6.45) is -5.41. The summed E-state index contributed by atoms with van der Waals surface area (Å²) in [6.45, 7) is 0. The lowest BCUT2D eigenvalue weighted by Gasteiger charge is -2.24. The van der Waals surface area contributed by atoms with Crippen molar-refractivity contribution in [2.45, 2.75) is 6.18 Å². The van der Waals surface area contributed by atoms with Crippen LogP contribution in [-0.2, 0) is 38.1 Å². The molecule has 0 aliphatic heterocycles. The quantitative estimate of drug-likeness (QED) is 0.396. The fourth-order valence-electron chi connectivity index (χ4n) is 4.36. The Morgan fingerprint density at radius 3 is 1.41 bits per heavy atom. The van der Waals surface area contributed by atoms with Crippen molar-refractivity contribution < 1.29 is 51.3 Å². The third-order valence-corrected chi connectivity index (χ3v) is 5.92. The zero-order valence-electron chi connectivity index (χ0n) is 21.3. The Balaban J connectivity index is 2.85. The van der Waals surface area contributed by atoms with Gasteiger partial charge in [0, 0.05) is 11.1 Å². The Hall–Kier alpha value is -4.67. The van der Waals surface area contributed by atoms with Crippen molar-refractivity contribution in [1.29, 1.82) is 0 Å². The van der Waals surface area contributed by atoms with Crippen molar-refractivity contribution in [1.82, 2.24) is 0 Å². The highest BCUT2D eigenvalue weighted by Gasteiger charge is 2.53. The maximum Gasteiger partial charge on any atom is 0.414 e. The number of methoxy groups -OCH3 is 4. The van der Waals surface area contributed by atoms with Crippen molar-refractivity contribution in [3.05, 3.63) is 94.1 Å². The Labute approximate surface area is 221 Å². The van der Waals surface area contributed by atoms with E-state index in [2.05, 4.69) is 4.74 Å². The van der Waals surface area contributed by atoms with Crippen LogP contribution in [0.1, 0.15) is 11.1 Å². The number of rotatable bonds is 6. The average Bonchev–Trinajstić information content (AvgIpc) is 3.09. The molecular formula is C28H23F3O8. The molecule has 0 amide bonds. The molecule has 0 spiro atoms. The zero-order valence-corrected chi connectivity index (χ0v) is 21.3. The summed E-state index contributed by atoms with van der Waals surface area (Å²) in [4.78, 5) is 52.9. The lowest BCUT2D eigenvalue weighted by Crippen LogP contribution is -2.35. The summed E-state index contributed by atoms with van der Waals surface area (Å²) in [5, 5.41) is 0. The normalized spacial score (nSPS) is 15.9. The fourth-order valence-corrected chi connectivity index (χ4v) is 4.36. The molecule has 8 nitrogen and oxygen atoms in total. The minimum atomic E-state index is -5.41. The zero-order chi connectivity index (χ0) is 28.9. The number of ether oxygens (including phenoxy) is 4. The van der Waals surface area contributed by atoms with Crippen LogP contribution in [0.3, 0.4) is 0 Å². The lowest BCUT2D eigenvalue weighted by atomic mass is 9.84. The molecule has 0 N–H and O–H groups in total. The second-order valence-electron chi connectivity index (χ2n) is 7.99. The molecule has 0 bridgehead atoms. The lowest BCUT2D eigenvalue weighted by molar-refractivity contribution is -0.151. The van der Waals surface area contributed by atoms with Gasteiger partial charge in [-0.05, 0) is 11.1 Å². The van der Waals surface area contributed by atoms with Crippen molar-refractivity contribution in [3.63, 3.8) is 0 Å². The van der Waals surface area contributed by atoms with Gasteiger partial charge in [-0.1, -0.05) is 60.7 Å². The van der Waals surface area contributed by atoms with Gasteiger partial charge in [0.25, 0.3) is 0 Å². The first-order chi connectivity index (χ1) is 18.5. The summed E-state index contributed by atoms with van der Waals surface area (Å²) in [7, 11) is 3.48. The number of carbonyl (C=O) groups is 4. The molecule has 0 saturated carbocycles. The van der Waals surface area contributed by atoms with Gasteiger partial charge in [0.15, 0.2) is 0 Å². The van der Waals surface area contributed by atoms with Crippen LogP contribution in [0.4, 0.5) is 13.2 Å². The number of esters is 4. The number of benzene rings is 2. The van der Waals surface area contributed by atoms with Gasteiger partial charge in [-0.2, -0.15) is 13.2 Å². The molecule has 39 heavy (non-hydrogen) atoms. The molecule has 1 aliphatic rings. The van der Waals surface area contributed by atoms with Crippen molar-refractivity contribution in [3.8, 4) is 0 Å². The topological polar surface area (TPSA) is 105 Å². The van der Waals surface area contributed by atoms with Crippen molar-refractivity contribution >= 4 is 35.0 Å². The van der Waals surface area contributed by atoms with Crippen LogP contribution >= 0.6 is 0 Å². The Kier molecular flexibility index (Phi) is 8.74. The largest absolute Gasteiger partial charge is 0.468 e. The molecule has 0 aromatic heterocycles. The molecular weight excluding hydrogens is 521 g/mol. The van der Waals surface area contributed by atoms with Gasteiger partial charge in [0.1, 0.15) is 5.92 Å². The summed E-state index contributed by atoms with van der Waals surface area (Å²) in [6, 6.07) is 15.0. The molecule has 1 aliphatic carbocycles. The van der Waals surface area contributed by atoms with Gasteiger partial charge in [0.2, 0.25) is 0 Å². The highest BCUT2D eigenvalue weighted by molar-refractivity contribution is 6.26. The second kappa shape index (κ2) is 11.8. The maximum absolute atomic E-state index is 15.0. The number of hydrogen-bond acceptors (Lipinski definition) is 8. The molecule has 2 aromatic carbocycles. The number of alkyl halides is 3. The molecule has 3 rings (SSSR count). The smallest absolute Gasteiger partial charge is 0.414 e. The van der Waals surface area contributed by atoms with Crippen molar-refractivity contribution in [2.24, 2.45) is 5.92 Å². The van der Waals surface area contributed by atoms with Gasteiger partial charge in [-0.15, -0.1) is 0 Å². The molecule has 11 heteroatoms. The molecule has 1 unspecified atom stereocenters. The molecule has 1 atom stereocenters. The minimum absolute atomic E-state index is 0.0506. The Bertz CT molecular complexity index is 1390. The van der Waals surface area contributed by atoms with E-state index in [4.69, 9.17) is 14.2 Å². The fraction of sp³-hybridized carbons (Fsp3) is 0.214. The molecule has 0 fully saturated rings. The summed E-state index contributed by atoms with van der Waals surface area (Å²) in [5.74, 6) is -8.37. The SMILES string of the molecule is COC(=O)C1=C(C(=O)OC)C(C(=O)OC)C(C(F)(F)F)=C(C(=O)OC)C(c2ccccc2)=C1c1ccccc1. The van der Waals surface area contributed by atoms with Gasteiger partial charge >= 0.3 is 30.1 Å². The predicted octanol–water partition coefficient (Wildman–Crippen LogP) is 4.07. The van der Waals surface area contributed by atoms with E-state index in [0.717, 1.165) is 28.4 Å². The maximum atomic E-state index is 15.0. The molecule has 204 valence electrons.